The summed E-state index contributed by atoms with van der Waals surface area (Å²) < 4.78 is 5.97. The topological polar surface area (TPSA) is 50.4 Å². The number of aryl methyl sites for hydroxylation is 2. The summed E-state index contributed by atoms with van der Waals surface area (Å²) in [5.41, 5.74) is 3.81. The summed E-state index contributed by atoms with van der Waals surface area (Å²) in [6, 6.07) is 6.01. The molecule has 0 saturated carbocycles. The lowest BCUT2D eigenvalue weighted by atomic mass is 10.1. The number of nitrogens with one attached hydrogen (secondary N) is 2. The Morgan fingerprint density at radius 2 is 2.00 bits per heavy atom. The van der Waals surface area contributed by atoms with E-state index in [0.29, 0.717) is 10.7 Å². The van der Waals surface area contributed by atoms with E-state index in [9.17, 15) is 4.79 Å². The number of thiophene rings is 1. The molecule has 1 aliphatic carbocycles. The maximum absolute atomic E-state index is 12.4. The number of hydrogen-bond acceptors (Lipinski definition) is 4. The highest BCUT2D eigenvalue weighted by atomic mass is 79.9. The molecule has 0 saturated heterocycles. The van der Waals surface area contributed by atoms with E-state index in [-0.39, 0.29) is 5.97 Å². The van der Waals surface area contributed by atoms with Crippen LogP contribution >= 0.6 is 39.5 Å². The van der Waals surface area contributed by atoms with E-state index < -0.39 is 0 Å². The third-order valence-electron chi connectivity index (χ3n) is 4.41. The van der Waals surface area contributed by atoms with Crippen molar-refractivity contribution >= 4 is 61.3 Å². The second-order valence-electron chi connectivity index (χ2n) is 6.32. The lowest BCUT2D eigenvalue weighted by molar-refractivity contribution is 0.0601. The molecule has 2 N–H and O–H groups in total. The first-order valence-electron chi connectivity index (χ1n) is 8.56. The number of carbonyl (C=O) groups is 1. The molecule has 2 aromatic rings. The summed E-state index contributed by atoms with van der Waals surface area (Å²) in [5, 5.41) is 7.62. The minimum atomic E-state index is -0.300. The fourth-order valence-corrected chi connectivity index (χ4v) is 5.28. The van der Waals surface area contributed by atoms with Crippen molar-refractivity contribution in [2.24, 2.45) is 0 Å². The summed E-state index contributed by atoms with van der Waals surface area (Å²) in [5.74, 6) is -0.300. The van der Waals surface area contributed by atoms with Crippen molar-refractivity contribution in [2.45, 2.75) is 39.0 Å². The van der Waals surface area contributed by atoms with Gasteiger partial charge in [0.25, 0.3) is 0 Å². The van der Waals surface area contributed by atoms with E-state index in [1.54, 1.807) is 11.3 Å². The highest BCUT2D eigenvalue weighted by Crippen LogP contribution is 2.38. The normalized spacial score (nSPS) is 13.5. The van der Waals surface area contributed by atoms with Gasteiger partial charge in [0.05, 0.1) is 18.4 Å². The Hall–Kier alpha value is -1.44. The molecule has 1 aromatic carbocycles. The Balaban J connectivity index is 1.84. The number of carbonyl (C=O) groups excluding carboxylic acids is 1. The minimum absolute atomic E-state index is 0.300. The van der Waals surface area contributed by atoms with Crippen LogP contribution < -0.4 is 10.6 Å². The molecule has 0 spiro atoms. The molecule has 138 valence electrons. The lowest BCUT2D eigenvalue weighted by Gasteiger charge is -2.12. The summed E-state index contributed by atoms with van der Waals surface area (Å²) in [6.45, 7) is 2.03. The third-order valence-corrected chi connectivity index (χ3v) is 6.48. The third kappa shape index (κ3) is 4.27. The number of benzene rings is 1. The maximum atomic E-state index is 12.4. The number of fused-ring (bicyclic) bond motifs is 1. The van der Waals surface area contributed by atoms with E-state index in [0.717, 1.165) is 52.0 Å². The van der Waals surface area contributed by atoms with Gasteiger partial charge in [0.2, 0.25) is 0 Å². The van der Waals surface area contributed by atoms with E-state index in [1.165, 1.54) is 18.4 Å². The van der Waals surface area contributed by atoms with Crippen LogP contribution in [0, 0.1) is 6.92 Å². The molecular weight excluding hydrogens is 432 g/mol. The van der Waals surface area contributed by atoms with Gasteiger partial charge in [0.15, 0.2) is 5.11 Å². The molecule has 1 aromatic heterocycles. The summed E-state index contributed by atoms with van der Waals surface area (Å²) in [7, 11) is 1.42. The van der Waals surface area contributed by atoms with Crippen LogP contribution in [-0.4, -0.2) is 18.2 Å². The van der Waals surface area contributed by atoms with Crippen LogP contribution in [0.5, 0.6) is 0 Å². The molecule has 0 fully saturated rings. The molecular formula is C19H21BrN2O2S2. The van der Waals surface area contributed by atoms with E-state index in [1.807, 2.05) is 25.1 Å². The highest BCUT2D eigenvalue weighted by Gasteiger charge is 2.25. The number of rotatable bonds is 3. The average Bonchev–Trinajstić information content (AvgIpc) is 2.77. The molecule has 3 rings (SSSR count). The van der Waals surface area contributed by atoms with Gasteiger partial charge in [-0.25, -0.2) is 4.79 Å². The molecule has 0 radical (unpaired) electrons. The Morgan fingerprint density at radius 1 is 1.23 bits per heavy atom. The lowest BCUT2D eigenvalue weighted by Crippen LogP contribution is -2.20. The Kier molecular flexibility index (Phi) is 6.32. The van der Waals surface area contributed by atoms with Crippen molar-refractivity contribution < 1.29 is 9.53 Å². The molecule has 1 heterocycles. The zero-order valence-electron chi connectivity index (χ0n) is 14.8. The Morgan fingerprint density at radius 3 is 2.73 bits per heavy atom. The van der Waals surface area contributed by atoms with Crippen LogP contribution in [0.15, 0.2) is 22.7 Å². The molecule has 0 amide bonds. The van der Waals surface area contributed by atoms with Crippen molar-refractivity contribution in [2.75, 3.05) is 17.7 Å². The van der Waals surface area contributed by atoms with Gasteiger partial charge in [-0.15, -0.1) is 11.3 Å². The monoisotopic (exact) mass is 452 g/mol. The molecule has 0 aliphatic heterocycles. The second kappa shape index (κ2) is 8.50. The quantitative estimate of drug-likeness (QED) is 0.356. The number of anilines is 2. The Labute approximate surface area is 171 Å². The summed E-state index contributed by atoms with van der Waals surface area (Å²) >= 11 is 10.6. The van der Waals surface area contributed by atoms with Crippen molar-refractivity contribution in [1.29, 1.82) is 0 Å². The van der Waals surface area contributed by atoms with Crippen LogP contribution in [0.3, 0.4) is 0 Å². The van der Waals surface area contributed by atoms with Crippen LogP contribution in [0.1, 0.15) is 45.6 Å². The second-order valence-corrected chi connectivity index (χ2v) is 8.69. The number of thiocarbonyl (C=S) groups is 1. The number of ether oxygens (including phenoxy) is 1. The summed E-state index contributed by atoms with van der Waals surface area (Å²) in [6.07, 6.45) is 5.39. The van der Waals surface area contributed by atoms with Gasteiger partial charge in [0.1, 0.15) is 5.00 Å². The zero-order chi connectivity index (χ0) is 18.7. The van der Waals surface area contributed by atoms with Gasteiger partial charge in [-0.1, -0.05) is 12.5 Å². The minimum Gasteiger partial charge on any atom is -0.465 e. The molecule has 7 heteroatoms. The van der Waals surface area contributed by atoms with Crippen LogP contribution in [0.2, 0.25) is 0 Å². The van der Waals surface area contributed by atoms with Crippen molar-refractivity contribution in [3.8, 4) is 0 Å². The van der Waals surface area contributed by atoms with Crippen molar-refractivity contribution in [3.63, 3.8) is 0 Å². The van der Waals surface area contributed by atoms with Gasteiger partial charge in [-0.2, -0.15) is 0 Å². The smallest absolute Gasteiger partial charge is 0.341 e. The molecule has 0 unspecified atom stereocenters. The van der Waals surface area contributed by atoms with Gasteiger partial charge in [-0.3, -0.25) is 0 Å². The van der Waals surface area contributed by atoms with Crippen LogP contribution in [0.25, 0.3) is 0 Å². The first-order valence-corrected chi connectivity index (χ1v) is 10.6. The van der Waals surface area contributed by atoms with Crippen molar-refractivity contribution in [3.05, 3.63) is 44.2 Å². The van der Waals surface area contributed by atoms with Crippen LogP contribution in [0.4, 0.5) is 10.7 Å². The zero-order valence-corrected chi connectivity index (χ0v) is 18.0. The number of hydrogen-bond donors (Lipinski definition) is 2. The standard InChI is InChI=1S/C19H21BrN2O2S2/c1-11-8-9-14(13(20)10-11)21-19(25)22-17-16(18(23)24-2)12-6-4-3-5-7-15(12)26-17/h8-10H,3-7H2,1-2H3,(H2,21,22,25). The average molecular weight is 453 g/mol. The van der Waals surface area contributed by atoms with Gasteiger partial charge >= 0.3 is 5.97 Å². The molecule has 0 atom stereocenters. The van der Waals surface area contributed by atoms with Gasteiger partial charge in [0, 0.05) is 9.35 Å². The number of halogens is 1. The Bertz CT molecular complexity index is 848. The van der Waals surface area contributed by atoms with Gasteiger partial charge < -0.3 is 15.4 Å². The largest absolute Gasteiger partial charge is 0.465 e. The first kappa shape index (κ1) is 19.3. The first-order chi connectivity index (χ1) is 12.5. The van der Waals surface area contributed by atoms with Crippen molar-refractivity contribution in [1.82, 2.24) is 0 Å². The SMILES string of the molecule is COC(=O)c1c(NC(=S)Nc2ccc(C)cc2Br)sc2c1CCCCC2. The van der Waals surface area contributed by atoms with Crippen LogP contribution in [-0.2, 0) is 17.6 Å². The fraction of sp³-hybridized carbons (Fsp3) is 0.368. The molecule has 4 nitrogen and oxygen atoms in total. The highest BCUT2D eigenvalue weighted by molar-refractivity contribution is 9.10. The maximum Gasteiger partial charge on any atom is 0.341 e. The predicted octanol–water partition coefficient (Wildman–Crippen LogP) is 5.68. The van der Waals surface area contributed by atoms with E-state index >= 15 is 0 Å². The molecule has 1 aliphatic rings. The van der Waals surface area contributed by atoms with E-state index in [4.69, 9.17) is 17.0 Å². The molecule has 0 bridgehead atoms. The number of esters is 1. The van der Waals surface area contributed by atoms with E-state index in [2.05, 4.69) is 26.6 Å². The number of methoxy groups -OCH3 is 1. The predicted molar refractivity (Wildman–Crippen MR) is 116 cm³/mol. The fourth-order valence-electron chi connectivity index (χ4n) is 3.13. The molecule has 26 heavy (non-hydrogen) atoms. The van der Waals surface area contributed by atoms with Gasteiger partial charge in [-0.05, 0) is 84.0 Å². The summed E-state index contributed by atoms with van der Waals surface area (Å²) in [4.78, 5) is 13.7.